The Bertz CT molecular complexity index is 585. The van der Waals surface area contributed by atoms with Gasteiger partial charge in [-0.1, -0.05) is 0 Å². The minimum absolute atomic E-state index is 0. The molecule has 0 N–H and O–H groups in total. The minimum atomic E-state index is -4.41. The summed E-state index contributed by atoms with van der Waals surface area (Å²) < 4.78 is 32.0. The van der Waals surface area contributed by atoms with Gasteiger partial charge in [-0.05, 0) is 18.2 Å². The maximum Gasteiger partial charge on any atom is 1.00 e. The normalized spacial score (nSPS) is 11.0. The summed E-state index contributed by atoms with van der Waals surface area (Å²) in [5, 5.41) is 0. The van der Waals surface area contributed by atoms with Crippen molar-refractivity contribution in [1.29, 1.82) is 0 Å². The largest absolute Gasteiger partial charge is 1.00 e. The Kier molecular flexibility index (Phi) is 3.80. The molecule has 0 bridgehead atoms. The molecule has 2 rings (SSSR count). The van der Waals surface area contributed by atoms with E-state index in [1.54, 1.807) is 0 Å². The van der Waals surface area contributed by atoms with Crippen molar-refractivity contribution in [3.8, 4) is 0 Å². The summed E-state index contributed by atoms with van der Waals surface area (Å²) in [7, 11) is -4.41. The molecular formula is C8H5N2NaO3S. The van der Waals surface area contributed by atoms with Gasteiger partial charge >= 0.3 is 29.6 Å². The van der Waals surface area contributed by atoms with Crippen LogP contribution in [-0.2, 0) is 10.1 Å². The first-order valence-electron chi connectivity index (χ1n) is 3.74. The Balaban J connectivity index is 0.00000112. The second-order valence-electron chi connectivity index (χ2n) is 2.66. The van der Waals surface area contributed by atoms with Crippen LogP contribution in [0.15, 0.2) is 35.5 Å². The van der Waals surface area contributed by atoms with Gasteiger partial charge in [0.2, 0.25) is 0 Å². The number of aromatic nitrogens is 2. The predicted molar refractivity (Wildman–Crippen MR) is 47.5 cm³/mol. The standard InChI is InChI=1S/C8H6N2O3S.Na/c11-14(12,13)6-1-2-7-8(5-6)10-4-3-9-7;/h1-5H,(H,11,12,13);/q;+1/p-1. The van der Waals surface area contributed by atoms with Gasteiger partial charge in [-0.2, -0.15) is 0 Å². The van der Waals surface area contributed by atoms with Crippen LogP contribution in [-0.4, -0.2) is 22.9 Å². The first kappa shape index (κ1) is 12.5. The van der Waals surface area contributed by atoms with E-state index in [0.29, 0.717) is 11.0 Å². The Morgan fingerprint density at radius 1 is 1.07 bits per heavy atom. The number of rotatable bonds is 1. The van der Waals surface area contributed by atoms with Crippen molar-refractivity contribution >= 4 is 21.2 Å². The molecule has 0 spiro atoms. The molecule has 15 heavy (non-hydrogen) atoms. The van der Waals surface area contributed by atoms with E-state index in [9.17, 15) is 13.0 Å². The average Bonchev–Trinajstić information content (AvgIpc) is 2.16. The van der Waals surface area contributed by atoms with Gasteiger partial charge in [-0.3, -0.25) is 9.97 Å². The van der Waals surface area contributed by atoms with E-state index >= 15 is 0 Å². The summed E-state index contributed by atoms with van der Waals surface area (Å²) in [6, 6.07) is 3.89. The number of hydrogen-bond donors (Lipinski definition) is 0. The molecule has 7 heteroatoms. The predicted octanol–water partition coefficient (Wildman–Crippen LogP) is -2.46. The Labute approximate surface area is 109 Å². The molecule has 5 nitrogen and oxygen atoms in total. The van der Waals surface area contributed by atoms with Crippen molar-refractivity contribution < 1.29 is 42.5 Å². The zero-order chi connectivity index (χ0) is 10.2. The van der Waals surface area contributed by atoms with E-state index in [-0.39, 0.29) is 34.5 Å². The van der Waals surface area contributed by atoms with Gasteiger partial charge in [0.05, 0.1) is 15.9 Å². The smallest absolute Gasteiger partial charge is 0.744 e. The third-order valence-electron chi connectivity index (χ3n) is 1.73. The zero-order valence-corrected chi connectivity index (χ0v) is 10.7. The fourth-order valence-electron chi connectivity index (χ4n) is 1.10. The van der Waals surface area contributed by atoms with E-state index in [4.69, 9.17) is 0 Å². The number of hydrogen-bond acceptors (Lipinski definition) is 5. The van der Waals surface area contributed by atoms with Crippen molar-refractivity contribution in [2.75, 3.05) is 0 Å². The molecule has 0 aliphatic heterocycles. The summed E-state index contributed by atoms with van der Waals surface area (Å²) in [5.74, 6) is 0. The van der Waals surface area contributed by atoms with Gasteiger partial charge in [0.25, 0.3) is 0 Å². The third-order valence-corrected chi connectivity index (χ3v) is 2.56. The van der Waals surface area contributed by atoms with Crippen LogP contribution in [0.3, 0.4) is 0 Å². The van der Waals surface area contributed by atoms with Gasteiger partial charge in [0.1, 0.15) is 10.1 Å². The van der Waals surface area contributed by atoms with Crippen LogP contribution in [0, 0.1) is 0 Å². The molecule has 1 heterocycles. The summed E-state index contributed by atoms with van der Waals surface area (Å²) in [6.07, 6.45) is 2.93. The molecule has 72 valence electrons. The molecule has 1 aromatic heterocycles. The first-order valence-corrected chi connectivity index (χ1v) is 5.15. The van der Waals surface area contributed by atoms with Gasteiger partial charge in [0.15, 0.2) is 0 Å². The third kappa shape index (κ3) is 2.73. The minimum Gasteiger partial charge on any atom is -0.744 e. The molecule has 0 fully saturated rings. The van der Waals surface area contributed by atoms with E-state index in [1.807, 2.05) is 0 Å². The molecular weight excluding hydrogens is 227 g/mol. The average molecular weight is 232 g/mol. The second kappa shape index (κ2) is 4.54. The molecule has 0 aliphatic carbocycles. The number of fused-ring (bicyclic) bond motifs is 1. The molecule has 0 aliphatic rings. The van der Waals surface area contributed by atoms with Gasteiger partial charge < -0.3 is 4.55 Å². The molecule has 0 radical (unpaired) electrons. The Hall–Kier alpha value is -0.530. The van der Waals surface area contributed by atoms with Crippen molar-refractivity contribution in [3.05, 3.63) is 30.6 Å². The summed E-state index contributed by atoms with van der Waals surface area (Å²) in [6.45, 7) is 0. The SMILES string of the molecule is O=S(=O)([O-])c1ccc2nccnc2c1.[Na+]. The second-order valence-corrected chi connectivity index (χ2v) is 4.04. The van der Waals surface area contributed by atoms with Crippen LogP contribution in [0.1, 0.15) is 0 Å². The summed E-state index contributed by atoms with van der Waals surface area (Å²) in [4.78, 5) is 7.55. The molecule has 2 aromatic rings. The number of nitrogens with zero attached hydrogens (tertiary/aromatic N) is 2. The Morgan fingerprint density at radius 2 is 1.67 bits per heavy atom. The van der Waals surface area contributed by atoms with Crippen LogP contribution in [0.5, 0.6) is 0 Å². The van der Waals surface area contributed by atoms with Crippen LogP contribution < -0.4 is 29.6 Å². The quantitative estimate of drug-likeness (QED) is 0.402. The maximum atomic E-state index is 10.7. The topological polar surface area (TPSA) is 83.0 Å². The van der Waals surface area contributed by atoms with Crippen LogP contribution in [0.2, 0.25) is 0 Å². The molecule has 0 saturated heterocycles. The molecule has 0 unspecified atom stereocenters. The van der Waals surface area contributed by atoms with Crippen molar-refractivity contribution in [3.63, 3.8) is 0 Å². The van der Waals surface area contributed by atoms with Crippen LogP contribution in [0.4, 0.5) is 0 Å². The van der Waals surface area contributed by atoms with E-state index in [0.717, 1.165) is 0 Å². The van der Waals surface area contributed by atoms with Crippen molar-refractivity contribution in [2.45, 2.75) is 4.90 Å². The first-order chi connectivity index (χ1) is 6.57. The molecule has 0 atom stereocenters. The van der Waals surface area contributed by atoms with E-state index in [2.05, 4.69) is 9.97 Å². The summed E-state index contributed by atoms with van der Waals surface area (Å²) >= 11 is 0. The van der Waals surface area contributed by atoms with E-state index in [1.165, 1.54) is 30.6 Å². The fraction of sp³-hybridized carbons (Fsp3) is 0. The van der Waals surface area contributed by atoms with Crippen molar-refractivity contribution in [1.82, 2.24) is 9.97 Å². The van der Waals surface area contributed by atoms with Crippen LogP contribution in [0.25, 0.3) is 11.0 Å². The van der Waals surface area contributed by atoms with Gasteiger partial charge in [-0.25, -0.2) is 8.42 Å². The summed E-state index contributed by atoms with van der Waals surface area (Å²) in [5.41, 5.74) is 0.948. The molecule has 0 amide bonds. The molecule has 0 saturated carbocycles. The monoisotopic (exact) mass is 232 g/mol. The fourth-order valence-corrected chi connectivity index (χ4v) is 1.59. The van der Waals surface area contributed by atoms with Gasteiger partial charge in [-0.15, -0.1) is 0 Å². The van der Waals surface area contributed by atoms with Crippen LogP contribution >= 0.6 is 0 Å². The number of benzene rings is 1. The molecule has 1 aromatic carbocycles. The Morgan fingerprint density at radius 3 is 2.27 bits per heavy atom. The maximum absolute atomic E-state index is 10.7. The van der Waals surface area contributed by atoms with E-state index < -0.39 is 10.1 Å². The van der Waals surface area contributed by atoms with Gasteiger partial charge in [0, 0.05) is 12.4 Å². The van der Waals surface area contributed by atoms with Crippen molar-refractivity contribution in [2.24, 2.45) is 0 Å². The zero-order valence-electron chi connectivity index (χ0n) is 7.91.